The highest BCUT2D eigenvalue weighted by atomic mass is 19.4. The van der Waals surface area contributed by atoms with Gasteiger partial charge in [0.25, 0.3) is 5.82 Å². The first-order chi connectivity index (χ1) is 12.4. The van der Waals surface area contributed by atoms with Crippen LogP contribution in [0.4, 0.5) is 30.7 Å². The van der Waals surface area contributed by atoms with Gasteiger partial charge in [0.2, 0.25) is 5.88 Å². The first-order valence-electron chi connectivity index (χ1n) is 6.97. The van der Waals surface area contributed by atoms with Crippen molar-refractivity contribution in [1.29, 1.82) is 0 Å². The Balaban J connectivity index is 2.39. The molecule has 13 heteroatoms. The van der Waals surface area contributed by atoms with Crippen LogP contribution in [0.3, 0.4) is 0 Å². The van der Waals surface area contributed by atoms with E-state index in [-0.39, 0.29) is 16.9 Å². The van der Waals surface area contributed by atoms with Gasteiger partial charge in [0.05, 0.1) is 5.69 Å². The van der Waals surface area contributed by atoms with E-state index in [1.54, 1.807) is 0 Å². The van der Waals surface area contributed by atoms with Crippen molar-refractivity contribution in [2.45, 2.75) is 19.3 Å². The molecule has 2 heterocycles. The molecule has 0 bridgehead atoms. The standard InChI is InChI=1S/C14H10F7N5O/c1-7(5-8(15)11(22-2)27-6-13(16,17)18)9-3-4-10-23-24-12(14(19,20)21)26(10)25-9/h3-5H,2,6H2,1H3/b7-5+,11-8-. The average Bonchev–Trinajstić information content (AvgIpc) is 2.97. The van der Waals surface area contributed by atoms with Crippen molar-refractivity contribution in [2.75, 3.05) is 6.61 Å². The lowest BCUT2D eigenvalue weighted by Crippen LogP contribution is -2.16. The Kier molecular flexibility index (Phi) is 5.51. The van der Waals surface area contributed by atoms with E-state index in [0.29, 0.717) is 10.6 Å². The van der Waals surface area contributed by atoms with E-state index >= 15 is 0 Å². The minimum absolute atomic E-state index is 0.0204. The molecule has 0 amide bonds. The van der Waals surface area contributed by atoms with Crippen LogP contribution in [-0.2, 0) is 10.9 Å². The maximum atomic E-state index is 14.0. The zero-order valence-corrected chi connectivity index (χ0v) is 13.4. The van der Waals surface area contributed by atoms with Gasteiger partial charge in [-0.3, -0.25) is 0 Å². The van der Waals surface area contributed by atoms with Crippen molar-refractivity contribution in [3.8, 4) is 0 Å². The number of rotatable bonds is 5. The summed E-state index contributed by atoms with van der Waals surface area (Å²) in [5, 5.41) is 9.97. The minimum atomic E-state index is -4.82. The van der Waals surface area contributed by atoms with Gasteiger partial charge in [-0.05, 0) is 37.4 Å². The van der Waals surface area contributed by atoms with E-state index < -0.39 is 36.5 Å². The molecule has 146 valence electrons. The van der Waals surface area contributed by atoms with E-state index in [4.69, 9.17) is 0 Å². The molecule has 0 saturated heterocycles. The molecule has 0 radical (unpaired) electrons. The third-order valence-corrected chi connectivity index (χ3v) is 2.98. The van der Waals surface area contributed by atoms with Gasteiger partial charge in [0, 0.05) is 0 Å². The molecule has 0 fully saturated rings. The molecule has 0 spiro atoms. The highest BCUT2D eigenvalue weighted by Gasteiger charge is 2.37. The van der Waals surface area contributed by atoms with Crippen LogP contribution in [0, 0.1) is 0 Å². The Hall–Kier alpha value is -2.99. The predicted octanol–water partition coefficient (Wildman–Crippen LogP) is 3.96. The van der Waals surface area contributed by atoms with Crippen molar-refractivity contribution in [1.82, 2.24) is 19.8 Å². The molecule has 2 rings (SSSR count). The third kappa shape index (κ3) is 5.01. The lowest BCUT2D eigenvalue weighted by molar-refractivity contribution is -0.165. The molecule has 0 saturated carbocycles. The molecule has 27 heavy (non-hydrogen) atoms. The molecule has 0 unspecified atom stereocenters. The number of fused-ring (bicyclic) bond motifs is 1. The molecule has 0 atom stereocenters. The van der Waals surface area contributed by atoms with Gasteiger partial charge in [0.15, 0.2) is 18.1 Å². The van der Waals surface area contributed by atoms with Crippen LogP contribution < -0.4 is 0 Å². The lowest BCUT2D eigenvalue weighted by Gasteiger charge is -2.09. The largest absolute Gasteiger partial charge is 0.466 e. The molecular weight excluding hydrogens is 387 g/mol. The highest BCUT2D eigenvalue weighted by molar-refractivity contribution is 5.63. The highest BCUT2D eigenvalue weighted by Crippen LogP contribution is 2.28. The van der Waals surface area contributed by atoms with Crippen molar-refractivity contribution < 1.29 is 35.5 Å². The summed E-state index contributed by atoms with van der Waals surface area (Å²) in [6, 6.07) is 2.40. The average molecular weight is 397 g/mol. The maximum absolute atomic E-state index is 14.0. The smallest absolute Gasteiger partial charge is 0.453 e. The summed E-state index contributed by atoms with van der Waals surface area (Å²) in [6.45, 7) is 2.39. The van der Waals surface area contributed by atoms with E-state index in [0.717, 1.165) is 6.07 Å². The number of allylic oxidation sites excluding steroid dienone is 3. The second kappa shape index (κ2) is 7.32. The summed E-state index contributed by atoms with van der Waals surface area (Å²) in [4.78, 5) is 3.02. The summed E-state index contributed by atoms with van der Waals surface area (Å²) in [5.74, 6) is -3.72. The summed E-state index contributed by atoms with van der Waals surface area (Å²) in [6.07, 6.45) is -8.84. The third-order valence-electron chi connectivity index (χ3n) is 2.98. The van der Waals surface area contributed by atoms with Crippen molar-refractivity contribution in [3.63, 3.8) is 0 Å². The van der Waals surface area contributed by atoms with E-state index in [1.165, 1.54) is 13.0 Å². The fourth-order valence-electron chi connectivity index (χ4n) is 1.84. The van der Waals surface area contributed by atoms with Gasteiger partial charge in [-0.1, -0.05) is 0 Å². The Morgan fingerprint density at radius 2 is 1.89 bits per heavy atom. The number of hydrogen-bond acceptors (Lipinski definition) is 5. The lowest BCUT2D eigenvalue weighted by atomic mass is 10.2. The molecule has 2 aromatic heterocycles. The summed E-state index contributed by atoms with van der Waals surface area (Å²) >= 11 is 0. The van der Waals surface area contributed by atoms with Crippen LogP contribution in [0.5, 0.6) is 0 Å². The normalized spacial score (nSPS) is 14.3. The van der Waals surface area contributed by atoms with Crippen LogP contribution >= 0.6 is 0 Å². The number of alkyl halides is 6. The van der Waals surface area contributed by atoms with Crippen LogP contribution in [0.15, 0.2) is 34.9 Å². The SMILES string of the molecule is C=N/C(OCC(F)(F)F)=C(F)\C=C(/C)c1ccc2nnc(C(F)(F)F)n2n1. The zero-order valence-electron chi connectivity index (χ0n) is 13.4. The summed E-state index contributed by atoms with van der Waals surface area (Å²) in [7, 11) is 0. The number of hydrogen-bond donors (Lipinski definition) is 0. The van der Waals surface area contributed by atoms with Crippen LogP contribution in [0.2, 0.25) is 0 Å². The summed E-state index contributed by atoms with van der Waals surface area (Å²) < 4.78 is 93.6. The van der Waals surface area contributed by atoms with E-state index in [9.17, 15) is 30.7 Å². The van der Waals surface area contributed by atoms with Crippen LogP contribution in [-0.4, -0.2) is 39.3 Å². The second-order valence-corrected chi connectivity index (χ2v) is 5.05. The van der Waals surface area contributed by atoms with Gasteiger partial charge < -0.3 is 4.74 Å². The Morgan fingerprint density at radius 3 is 2.44 bits per heavy atom. The van der Waals surface area contributed by atoms with Crippen LogP contribution in [0.25, 0.3) is 11.2 Å². The van der Waals surface area contributed by atoms with Gasteiger partial charge in [-0.2, -0.15) is 36.0 Å². The quantitative estimate of drug-likeness (QED) is 0.332. The van der Waals surface area contributed by atoms with Gasteiger partial charge in [0.1, 0.15) is 0 Å². The number of aromatic nitrogens is 4. The number of ether oxygens (including phenoxy) is 1. The molecule has 0 aliphatic heterocycles. The van der Waals surface area contributed by atoms with Crippen LogP contribution in [0.1, 0.15) is 18.4 Å². The molecule has 0 N–H and O–H groups in total. The Morgan fingerprint density at radius 1 is 1.22 bits per heavy atom. The number of halogens is 7. The first-order valence-corrected chi connectivity index (χ1v) is 6.97. The molecule has 0 aromatic carbocycles. The second-order valence-electron chi connectivity index (χ2n) is 5.05. The number of nitrogens with zero attached hydrogens (tertiary/aromatic N) is 5. The topological polar surface area (TPSA) is 64.7 Å². The van der Waals surface area contributed by atoms with Gasteiger partial charge in [-0.25, -0.2) is 9.38 Å². The van der Waals surface area contributed by atoms with E-state index in [1.807, 2.05) is 0 Å². The Labute approximate surface area is 146 Å². The van der Waals surface area contributed by atoms with Crippen molar-refractivity contribution >= 4 is 17.9 Å². The first kappa shape index (κ1) is 20.3. The fraction of sp³-hybridized carbons (Fsp3) is 0.286. The van der Waals surface area contributed by atoms with E-state index in [2.05, 4.69) is 31.7 Å². The van der Waals surface area contributed by atoms with Crippen molar-refractivity contribution in [3.05, 3.63) is 41.4 Å². The number of aliphatic imine (C=N–C) groups is 1. The van der Waals surface area contributed by atoms with Crippen molar-refractivity contribution in [2.24, 2.45) is 4.99 Å². The minimum Gasteiger partial charge on any atom is -0.466 e. The maximum Gasteiger partial charge on any atom is 0.453 e. The van der Waals surface area contributed by atoms with Gasteiger partial charge >= 0.3 is 12.4 Å². The molecule has 0 aliphatic carbocycles. The molecule has 2 aromatic rings. The zero-order chi connectivity index (χ0) is 20.4. The monoisotopic (exact) mass is 397 g/mol. The molecular formula is C14H10F7N5O. The molecule has 6 nitrogen and oxygen atoms in total. The van der Waals surface area contributed by atoms with Gasteiger partial charge in [-0.15, -0.1) is 10.2 Å². The molecule has 0 aliphatic rings. The Bertz CT molecular complexity index is 911. The summed E-state index contributed by atoms with van der Waals surface area (Å²) in [5.41, 5.74) is -0.327. The fourth-order valence-corrected chi connectivity index (χ4v) is 1.84. The predicted molar refractivity (Wildman–Crippen MR) is 79.1 cm³/mol.